The molecule has 2 aromatic heterocycles. The van der Waals surface area contributed by atoms with Crippen LogP contribution in [0.2, 0.25) is 0 Å². The number of aromatic nitrogens is 3. The van der Waals surface area contributed by atoms with E-state index >= 15 is 0 Å². The molecule has 1 amide bonds. The van der Waals surface area contributed by atoms with Gasteiger partial charge in [0.2, 0.25) is 0 Å². The predicted octanol–water partition coefficient (Wildman–Crippen LogP) is 1.42. The molecule has 1 saturated heterocycles. The van der Waals surface area contributed by atoms with Gasteiger partial charge in [-0.3, -0.25) is 19.3 Å². The Balaban J connectivity index is 2.19. The summed E-state index contributed by atoms with van der Waals surface area (Å²) in [6.07, 6.45) is 1.61. The number of likely N-dealkylation sites (N-methyl/N-ethyl adjacent to an activating group) is 1. The molecular weight excluding hydrogens is 358 g/mol. The molecule has 0 bridgehead atoms. The lowest BCUT2D eigenvalue weighted by atomic mass is 9.97. The second-order valence-electron chi connectivity index (χ2n) is 7.22. The summed E-state index contributed by atoms with van der Waals surface area (Å²) in [6.45, 7) is 4.51. The quantitative estimate of drug-likeness (QED) is 0.477. The number of likely N-dealkylation sites (tertiary alicyclic amines) is 1. The lowest BCUT2D eigenvalue weighted by molar-refractivity contribution is -0.140. The van der Waals surface area contributed by atoms with Gasteiger partial charge in [0, 0.05) is 32.0 Å². The van der Waals surface area contributed by atoms with Gasteiger partial charge in [-0.2, -0.15) is 5.10 Å². The second-order valence-corrected chi connectivity index (χ2v) is 7.22. The van der Waals surface area contributed by atoms with Crippen molar-refractivity contribution in [3.63, 3.8) is 0 Å². The lowest BCUT2D eigenvalue weighted by Crippen LogP contribution is -2.35. The van der Waals surface area contributed by atoms with Crippen LogP contribution in [-0.4, -0.2) is 68.5 Å². The molecule has 8 nitrogen and oxygen atoms in total. The number of rotatable bonds is 5. The van der Waals surface area contributed by atoms with Crippen molar-refractivity contribution in [3.8, 4) is 0 Å². The second kappa shape index (κ2) is 7.55. The molecule has 1 aliphatic rings. The summed E-state index contributed by atoms with van der Waals surface area (Å²) in [5.74, 6) is -1.53. The molecule has 1 aliphatic heterocycles. The van der Waals surface area contributed by atoms with Crippen LogP contribution in [0, 0.1) is 13.8 Å². The minimum Gasteiger partial charge on any atom is -0.507 e. The zero-order chi connectivity index (χ0) is 20.6. The normalized spacial score (nSPS) is 19.1. The fourth-order valence-corrected chi connectivity index (χ4v) is 3.51. The van der Waals surface area contributed by atoms with E-state index in [0.717, 1.165) is 0 Å². The molecule has 1 N–H and O–H groups in total. The highest BCUT2D eigenvalue weighted by atomic mass is 16.3. The number of carbonyl (C=O) groups is 2. The van der Waals surface area contributed by atoms with E-state index in [2.05, 4.69) is 10.1 Å². The van der Waals surface area contributed by atoms with Gasteiger partial charge in [0.05, 0.1) is 22.5 Å². The van der Waals surface area contributed by atoms with Crippen LogP contribution in [0.25, 0.3) is 5.76 Å². The molecule has 3 rings (SSSR count). The van der Waals surface area contributed by atoms with Crippen LogP contribution >= 0.6 is 0 Å². The molecule has 3 heterocycles. The van der Waals surface area contributed by atoms with Crippen LogP contribution < -0.4 is 0 Å². The summed E-state index contributed by atoms with van der Waals surface area (Å²) < 4.78 is 1.64. The van der Waals surface area contributed by atoms with Gasteiger partial charge in [0.1, 0.15) is 11.8 Å². The van der Waals surface area contributed by atoms with Crippen molar-refractivity contribution in [2.24, 2.45) is 7.05 Å². The SMILES string of the molecule is Cc1nn(C)c(C)c1/C(O)=C1\C(=O)C(=O)N(CCN(C)C)[C@H]1c1ccccn1. The Hall–Kier alpha value is -3.00. The summed E-state index contributed by atoms with van der Waals surface area (Å²) in [5, 5.41) is 15.4. The van der Waals surface area contributed by atoms with Gasteiger partial charge in [0.25, 0.3) is 11.7 Å². The molecule has 28 heavy (non-hydrogen) atoms. The molecule has 0 aliphatic carbocycles. The Morgan fingerprint density at radius 3 is 2.50 bits per heavy atom. The number of nitrogens with zero attached hydrogens (tertiary/aromatic N) is 5. The summed E-state index contributed by atoms with van der Waals surface area (Å²) >= 11 is 0. The minimum absolute atomic E-state index is 0.0571. The molecule has 0 aromatic carbocycles. The van der Waals surface area contributed by atoms with Gasteiger partial charge in [-0.05, 0) is 40.1 Å². The summed E-state index contributed by atoms with van der Waals surface area (Å²) in [6, 6.07) is 4.59. The first-order valence-corrected chi connectivity index (χ1v) is 9.08. The first kappa shape index (κ1) is 19.8. The number of pyridine rings is 1. The highest BCUT2D eigenvalue weighted by Gasteiger charge is 2.47. The first-order chi connectivity index (χ1) is 13.2. The number of carbonyl (C=O) groups excluding carboxylic acids is 2. The van der Waals surface area contributed by atoms with E-state index in [-0.39, 0.29) is 11.3 Å². The minimum atomic E-state index is -0.736. The number of amides is 1. The van der Waals surface area contributed by atoms with Gasteiger partial charge in [0.15, 0.2) is 0 Å². The van der Waals surface area contributed by atoms with Crippen LogP contribution in [0.3, 0.4) is 0 Å². The van der Waals surface area contributed by atoms with Crippen LogP contribution in [0.4, 0.5) is 0 Å². The van der Waals surface area contributed by atoms with E-state index in [1.807, 2.05) is 25.9 Å². The van der Waals surface area contributed by atoms with E-state index in [4.69, 9.17) is 0 Å². The number of hydrogen-bond acceptors (Lipinski definition) is 6. The zero-order valence-corrected chi connectivity index (χ0v) is 16.8. The monoisotopic (exact) mass is 383 g/mol. The molecular formula is C20H25N5O3. The summed E-state index contributed by atoms with van der Waals surface area (Å²) in [4.78, 5) is 33.5. The average Bonchev–Trinajstić information content (AvgIpc) is 3.06. The van der Waals surface area contributed by atoms with Crippen molar-refractivity contribution in [3.05, 3.63) is 52.6 Å². The van der Waals surface area contributed by atoms with Crippen molar-refractivity contribution in [2.45, 2.75) is 19.9 Å². The summed E-state index contributed by atoms with van der Waals surface area (Å²) in [5.41, 5.74) is 2.39. The van der Waals surface area contributed by atoms with Crippen LogP contribution in [0.15, 0.2) is 30.0 Å². The van der Waals surface area contributed by atoms with E-state index in [9.17, 15) is 14.7 Å². The molecule has 0 saturated carbocycles. The van der Waals surface area contributed by atoms with Crippen molar-refractivity contribution >= 4 is 17.4 Å². The fraction of sp³-hybridized carbons (Fsp3) is 0.400. The van der Waals surface area contributed by atoms with Gasteiger partial charge in [-0.15, -0.1) is 0 Å². The third-order valence-electron chi connectivity index (χ3n) is 5.04. The van der Waals surface area contributed by atoms with Crippen molar-refractivity contribution in [1.82, 2.24) is 24.6 Å². The maximum atomic E-state index is 12.9. The molecule has 1 fully saturated rings. The number of aryl methyl sites for hydroxylation is 2. The van der Waals surface area contributed by atoms with Crippen molar-refractivity contribution in [2.75, 3.05) is 27.2 Å². The molecule has 0 spiro atoms. The molecule has 8 heteroatoms. The predicted molar refractivity (Wildman–Crippen MR) is 104 cm³/mol. The van der Waals surface area contributed by atoms with Crippen molar-refractivity contribution < 1.29 is 14.7 Å². The molecule has 148 valence electrons. The molecule has 1 atom stereocenters. The standard InChI is InChI=1S/C20H25N5O3/c1-12-15(13(2)24(5)22-12)18(26)16-17(14-8-6-7-9-21-14)25(11-10-23(3)4)20(28)19(16)27/h6-9,17,26H,10-11H2,1-5H3/b18-16+/t17-/m0/s1. The maximum absolute atomic E-state index is 12.9. The van der Waals surface area contributed by atoms with E-state index in [1.54, 1.807) is 43.0 Å². The number of aliphatic hydroxyl groups excluding tert-OH is 1. The Kier molecular flexibility index (Phi) is 5.33. The third-order valence-corrected chi connectivity index (χ3v) is 5.04. The van der Waals surface area contributed by atoms with Crippen LogP contribution in [-0.2, 0) is 16.6 Å². The summed E-state index contributed by atoms with van der Waals surface area (Å²) in [7, 11) is 5.56. The van der Waals surface area contributed by atoms with Crippen LogP contribution in [0.1, 0.15) is 28.7 Å². The highest BCUT2D eigenvalue weighted by molar-refractivity contribution is 6.46. The fourth-order valence-electron chi connectivity index (χ4n) is 3.51. The Bertz CT molecular complexity index is 946. The number of Topliss-reactive ketones (excluding diaryl/α,β-unsaturated/α-hetero) is 1. The molecule has 2 aromatic rings. The number of hydrogen-bond donors (Lipinski definition) is 1. The zero-order valence-electron chi connectivity index (χ0n) is 16.8. The smallest absolute Gasteiger partial charge is 0.295 e. The molecule has 0 radical (unpaired) electrons. The van der Waals surface area contributed by atoms with Crippen LogP contribution in [0.5, 0.6) is 0 Å². The first-order valence-electron chi connectivity index (χ1n) is 9.08. The highest BCUT2D eigenvalue weighted by Crippen LogP contribution is 2.39. The molecule has 0 unspecified atom stereocenters. The van der Waals surface area contributed by atoms with E-state index in [0.29, 0.717) is 35.7 Å². The Morgan fingerprint density at radius 1 is 1.25 bits per heavy atom. The largest absolute Gasteiger partial charge is 0.507 e. The van der Waals surface area contributed by atoms with E-state index < -0.39 is 17.7 Å². The van der Waals surface area contributed by atoms with Gasteiger partial charge >= 0.3 is 0 Å². The van der Waals surface area contributed by atoms with Crippen molar-refractivity contribution in [1.29, 1.82) is 0 Å². The lowest BCUT2D eigenvalue weighted by Gasteiger charge is -2.25. The van der Waals surface area contributed by atoms with Gasteiger partial charge in [-0.25, -0.2) is 0 Å². The number of ketones is 1. The Morgan fingerprint density at radius 2 is 1.96 bits per heavy atom. The third kappa shape index (κ3) is 3.31. The Labute approximate surface area is 164 Å². The average molecular weight is 383 g/mol. The van der Waals surface area contributed by atoms with Gasteiger partial charge in [-0.1, -0.05) is 6.07 Å². The topological polar surface area (TPSA) is 91.6 Å². The number of aliphatic hydroxyl groups is 1. The van der Waals surface area contributed by atoms with E-state index in [1.165, 1.54) is 4.90 Å². The maximum Gasteiger partial charge on any atom is 0.295 e. The van der Waals surface area contributed by atoms with Gasteiger partial charge < -0.3 is 14.9 Å².